The van der Waals surface area contributed by atoms with Crippen LogP contribution in [0.2, 0.25) is 0 Å². The highest BCUT2D eigenvalue weighted by Gasteiger charge is 2.11. The van der Waals surface area contributed by atoms with Gasteiger partial charge in [0, 0.05) is 23.5 Å². The molecule has 0 saturated carbocycles. The van der Waals surface area contributed by atoms with E-state index in [9.17, 15) is 14.0 Å². The molecule has 2 rings (SSSR count). The number of halogens is 1. The van der Waals surface area contributed by atoms with Crippen LogP contribution in [0, 0.1) is 12.9 Å². The Balaban J connectivity index is 2.20. The number of nitrogens with zero attached hydrogens (tertiary/aromatic N) is 1. The molecule has 0 saturated heterocycles. The molecule has 108 valence electrons. The van der Waals surface area contributed by atoms with E-state index in [0.717, 1.165) is 6.07 Å². The third-order valence-electron chi connectivity index (χ3n) is 2.88. The van der Waals surface area contributed by atoms with Crippen molar-refractivity contribution in [2.45, 2.75) is 6.92 Å². The molecule has 1 N–H and O–H groups in total. The molecule has 0 fully saturated rings. The maximum absolute atomic E-state index is 13.0. The summed E-state index contributed by atoms with van der Waals surface area (Å²) >= 11 is 0. The quantitative estimate of drug-likeness (QED) is 0.696. The first-order valence-corrected chi connectivity index (χ1v) is 6.13. The molecule has 1 aromatic carbocycles. The van der Waals surface area contributed by atoms with E-state index in [1.807, 2.05) is 0 Å². The van der Waals surface area contributed by atoms with E-state index in [1.165, 1.54) is 19.4 Å². The summed E-state index contributed by atoms with van der Waals surface area (Å²) in [5.74, 6) is -1.63. The van der Waals surface area contributed by atoms with Gasteiger partial charge < -0.3 is 10.1 Å². The predicted molar refractivity (Wildman–Crippen MR) is 74.7 cm³/mol. The van der Waals surface area contributed by atoms with Crippen LogP contribution in [0.4, 0.5) is 10.1 Å². The lowest BCUT2D eigenvalue weighted by Gasteiger charge is -2.09. The number of aryl methyl sites for hydroxylation is 1. The number of methoxy groups -OCH3 is 1. The minimum atomic E-state index is -0.722. The lowest BCUT2D eigenvalue weighted by Crippen LogP contribution is -2.13. The third-order valence-corrected chi connectivity index (χ3v) is 2.88. The van der Waals surface area contributed by atoms with Crippen molar-refractivity contribution in [3.8, 4) is 0 Å². The fourth-order valence-electron chi connectivity index (χ4n) is 1.79. The lowest BCUT2D eigenvalue weighted by atomic mass is 10.1. The van der Waals surface area contributed by atoms with Crippen LogP contribution >= 0.6 is 0 Å². The van der Waals surface area contributed by atoms with Gasteiger partial charge in [-0.25, -0.2) is 9.78 Å². The Bertz CT molecular complexity index is 701. The van der Waals surface area contributed by atoms with E-state index in [0.29, 0.717) is 16.8 Å². The van der Waals surface area contributed by atoms with Crippen molar-refractivity contribution in [1.29, 1.82) is 0 Å². The zero-order chi connectivity index (χ0) is 15.4. The summed E-state index contributed by atoms with van der Waals surface area (Å²) in [6, 6.07) is 7.21. The normalized spacial score (nSPS) is 10.0. The van der Waals surface area contributed by atoms with Crippen molar-refractivity contribution in [3.05, 3.63) is 59.2 Å². The summed E-state index contributed by atoms with van der Waals surface area (Å²) in [5.41, 5.74) is 1.78. The van der Waals surface area contributed by atoms with Crippen molar-refractivity contribution >= 4 is 17.6 Å². The Hall–Kier alpha value is -2.76. The molecule has 6 heteroatoms. The molecule has 0 aliphatic heterocycles. The van der Waals surface area contributed by atoms with Gasteiger partial charge in [0.1, 0.15) is 0 Å². The first-order chi connectivity index (χ1) is 10.0. The largest absolute Gasteiger partial charge is 0.465 e. The van der Waals surface area contributed by atoms with E-state index in [4.69, 9.17) is 0 Å². The number of hydrogen-bond donors (Lipinski definition) is 1. The summed E-state index contributed by atoms with van der Waals surface area (Å²) in [4.78, 5) is 26.8. The fourth-order valence-corrected chi connectivity index (χ4v) is 1.79. The Morgan fingerprint density at radius 2 is 1.95 bits per heavy atom. The maximum atomic E-state index is 13.0. The molecule has 1 aromatic heterocycles. The maximum Gasteiger partial charge on any atom is 0.337 e. The molecule has 21 heavy (non-hydrogen) atoms. The number of ether oxygens (including phenoxy) is 1. The van der Waals surface area contributed by atoms with E-state index in [-0.39, 0.29) is 5.56 Å². The van der Waals surface area contributed by atoms with Crippen molar-refractivity contribution in [2.24, 2.45) is 0 Å². The van der Waals surface area contributed by atoms with Gasteiger partial charge in [-0.05, 0) is 36.8 Å². The number of pyridine rings is 1. The van der Waals surface area contributed by atoms with Gasteiger partial charge in [0.05, 0.1) is 12.7 Å². The minimum absolute atomic E-state index is 0.166. The van der Waals surface area contributed by atoms with Crippen molar-refractivity contribution < 1.29 is 18.7 Å². The van der Waals surface area contributed by atoms with Crippen LogP contribution in [0.15, 0.2) is 36.5 Å². The van der Waals surface area contributed by atoms with Crippen LogP contribution in [-0.4, -0.2) is 24.0 Å². The van der Waals surface area contributed by atoms with Gasteiger partial charge in [0.2, 0.25) is 5.95 Å². The highest BCUT2D eigenvalue weighted by molar-refractivity contribution is 6.04. The molecule has 0 atom stereocenters. The summed E-state index contributed by atoms with van der Waals surface area (Å²) < 4.78 is 17.6. The van der Waals surface area contributed by atoms with Gasteiger partial charge in [0.15, 0.2) is 0 Å². The Kier molecular flexibility index (Phi) is 4.27. The Labute approximate surface area is 120 Å². The number of esters is 1. The smallest absolute Gasteiger partial charge is 0.337 e. The number of rotatable bonds is 3. The number of carbonyl (C=O) groups excluding carboxylic acids is 2. The van der Waals surface area contributed by atoms with E-state index >= 15 is 0 Å². The molecule has 1 heterocycles. The fraction of sp³-hybridized carbons (Fsp3) is 0.133. The number of nitrogens with one attached hydrogen (secondary N) is 1. The first-order valence-electron chi connectivity index (χ1n) is 6.13. The number of aromatic nitrogens is 1. The highest BCUT2D eigenvalue weighted by atomic mass is 19.1. The van der Waals surface area contributed by atoms with Gasteiger partial charge in [-0.2, -0.15) is 4.39 Å². The van der Waals surface area contributed by atoms with Crippen molar-refractivity contribution in [1.82, 2.24) is 4.98 Å². The third kappa shape index (κ3) is 3.42. The lowest BCUT2D eigenvalue weighted by molar-refractivity contribution is 0.0600. The van der Waals surface area contributed by atoms with Crippen LogP contribution in [0.3, 0.4) is 0 Å². The van der Waals surface area contributed by atoms with E-state index < -0.39 is 17.8 Å². The van der Waals surface area contributed by atoms with Crippen molar-refractivity contribution in [2.75, 3.05) is 12.4 Å². The second-order valence-electron chi connectivity index (χ2n) is 4.34. The summed E-state index contributed by atoms with van der Waals surface area (Å²) in [7, 11) is 1.30. The number of carbonyl (C=O) groups is 2. The van der Waals surface area contributed by atoms with Crippen LogP contribution < -0.4 is 5.32 Å². The van der Waals surface area contributed by atoms with Gasteiger partial charge in [0.25, 0.3) is 5.91 Å². The molecule has 0 spiro atoms. The molecule has 0 aliphatic rings. The number of anilines is 1. The monoisotopic (exact) mass is 288 g/mol. The highest BCUT2D eigenvalue weighted by Crippen LogP contribution is 2.18. The standard InChI is InChI=1S/C15H13FN2O3/c1-9-7-11(15(20)21-2)3-4-12(9)18-14(19)10-5-6-17-13(16)8-10/h3-8H,1-2H3,(H,18,19). The Morgan fingerprint density at radius 1 is 1.19 bits per heavy atom. The van der Waals surface area contributed by atoms with Crippen molar-refractivity contribution in [3.63, 3.8) is 0 Å². The molecule has 0 bridgehead atoms. The zero-order valence-electron chi connectivity index (χ0n) is 11.5. The van der Waals surface area contributed by atoms with Gasteiger partial charge in [-0.15, -0.1) is 0 Å². The number of hydrogen-bond acceptors (Lipinski definition) is 4. The summed E-state index contributed by atoms with van der Waals surface area (Å²) in [6.07, 6.45) is 1.22. The molecular weight excluding hydrogens is 275 g/mol. The molecule has 2 aromatic rings. The van der Waals surface area contributed by atoms with Gasteiger partial charge >= 0.3 is 5.97 Å². The van der Waals surface area contributed by atoms with Crippen LogP contribution in [0.5, 0.6) is 0 Å². The summed E-state index contributed by atoms with van der Waals surface area (Å²) in [6.45, 7) is 1.75. The molecule has 0 unspecified atom stereocenters. The van der Waals surface area contributed by atoms with Gasteiger partial charge in [-0.3, -0.25) is 4.79 Å². The second-order valence-corrected chi connectivity index (χ2v) is 4.34. The molecule has 0 radical (unpaired) electrons. The van der Waals surface area contributed by atoms with Crippen LogP contribution in [0.1, 0.15) is 26.3 Å². The Morgan fingerprint density at radius 3 is 2.57 bits per heavy atom. The minimum Gasteiger partial charge on any atom is -0.465 e. The SMILES string of the molecule is COC(=O)c1ccc(NC(=O)c2ccnc(F)c2)c(C)c1. The molecular formula is C15H13FN2O3. The number of amides is 1. The van der Waals surface area contributed by atoms with Crippen LogP contribution in [-0.2, 0) is 4.74 Å². The topological polar surface area (TPSA) is 68.3 Å². The average Bonchev–Trinajstić information content (AvgIpc) is 2.48. The zero-order valence-corrected chi connectivity index (χ0v) is 11.5. The summed E-state index contributed by atoms with van der Waals surface area (Å²) in [5, 5.41) is 2.65. The molecule has 0 aliphatic carbocycles. The van der Waals surface area contributed by atoms with Crippen LogP contribution in [0.25, 0.3) is 0 Å². The van der Waals surface area contributed by atoms with E-state index in [1.54, 1.807) is 25.1 Å². The molecule has 1 amide bonds. The molecule has 5 nitrogen and oxygen atoms in total. The number of benzene rings is 1. The predicted octanol–water partition coefficient (Wildman–Crippen LogP) is 2.57. The first kappa shape index (κ1) is 14.6. The second kappa shape index (κ2) is 6.13. The van der Waals surface area contributed by atoms with E-state index in [2.05, 4.69) is 15.0 Å². The average molecular weight is 288 g/mol. The van der Waals surface area contributed by atoms with Gasteiger partial charge in [-0.1, -0.05) is 0 Å².